The van der Waals surface area contributed by atoms with Gasteiger partial charge in [0, 0.05) is 37.6 Å². The second-order valence-electron chi connectivity index (χ2n) is 8.74. The Bertz CT molecular complexity index is 1280. The van der Waals surface area contributed by atoms with Gasteiger partial charge in [0.25, 0.3) is 0 Å². The first-order chi connectivity index (χ1) is 17.5. The van der Waals surface area contributed by atoms with Crippen LogP contribution in [0.15, 0.2) is 99.4 Å². The lowest BCUT2D eigenvalue weighted by molar-refractivity contribution is 0.0647. The molecule has 10 nitrogen and oxygen atoms in total. The summed E-state index contributed by atoms with van der Waals surface area (Å²) in [5.74, 6) is 7.65. The molecule has 0 unspecified atom stereocenters. The van der Waals surface area contributed by atoms with E-state index in [-0.39, 0.29) is 5.84 Å². The van der Waals surface area contributed by atoms with Crippen molar-refractivity contribution in [3.8, 4) is 5.75 Å². The van der Waals surface area contributed by atoms with Crippen molar-refractivity contribution >= 4 is 17.6 Å². The zero-order valence-corrected chi connectivity index (χ0v) is 20.2. The number of nitrogens with zero attached hydrogens (tertiary/aromatic N) is 6. The first-order valence-corrected chi connectivity index (χ1v) is 11.7. The monoisotopic (exact) mass is 483 g/mol. The van der Waals surface area contributed by atoms with Crippen LogP contribution in [0.2, 0.25) is 0 Å². The van der Waals surface area contributed by atoms with Crippen LogP contribution in [0.3, 0.4) is 0 Å². The number of benzene rings is 2. The highest BCUT2D eigenvalue weighted by atomic mass is 16.5. The molecule has 2 aromatic rings. The summed E-state index contributed by atoms with van der Waals surface area (Å²) in [4.78, 5) is 7.03. The van der Waals surface area contributed by atoms with Crippen LogP contribution in [-0.4, -0.2) is 60.2 Å². The molecule has 3 heterocycles. The Kier molecular flexibility index (Phi) is 6.50. The van der Waals surface area contributed by atoms with E-state index in [0.717, 1.165) is 47.1 Å². The average molecular weight is 484 g/mol. The second kappa shape index (κ2) is 10.0. The van der Waals surface area contributed by atoms with E-state index < -0.39 is 0 Å². The number of nitrogens with two attached hydrogens (primary N) is 1. The number of hydrazine groups is 1. The van der Waals surface area contributed by atoms with Crippen LogP contribution in [0.25, 0.3) is 5.57 Å². The highest BCUT2D eigenvalue weighted by Crippen LogP contribution is 2.37. The summed E-state index contributed by atoms with van der Waals surface area (Å²) >= 11 is 0. The number of ether oxygens (including phenoxy) is 1. The van der Waals surface area contributed by atoms with E-state index in [1.165, 1.54) is 0 Å². The molecule has 3 aliphatic heterocycles. The van der Waals surface area contributed by atoms with Gasteiger partial charge in [-0.25, -0.2) is 15.0 Å². The van der Waals surface area contributed by atoms with Crippen molar-refractivity contribution in [1.82, 2.24) is 20.2 Å². The summed E-state index contributed by atoms with van der Waals surface area (Å²) in [7, 11) is 1.97. The second-order valence-corrected chi connectivity index (χ2v) is 8.74. The predicted octanol–water partition coefficient (Wildman–Crippen LogP) is 3.11. The van der Waals surface area contributed by atoms with Crippen LogP contribution in [0, 0.1) is 5.41 Å². The van der Waals surface area contributed by atoms with Crippen molar-refractivity contribution in [2.45, 2.75) is 6.61 Å². The SMILES string of the molecule is C=C1CN(C2=C(c3ccc(OCc4ccccc4)cc3)C=NC3=C(C(=N)N=NN)CN(C)N32)CCN1. The summed E-state index contributed by atoms with van der Waals surface area (Å²) in [6.45, 7) is 7.39. The Balaban J connectivity index is 1.49. The number of rotatable bonds is 6. The summed E-state index contributed by atoms with van der Waals surface area (Å²) in [6.07, 6.45) is 1.86. The fraction of sp³-hybridized carbons (Fsp3) is 0.231. The van der Waals surface area contributed by atoms with Crippen molar-refractivity contribution in [3.63, 3.8) is 0 Å². The number of nitrogens with one attached hydrogen (secondary N) is 2. The van der Waals surface area contributed by atoms with Gasteiger partial charge in [-0.3, -0.25) is 5.41 Å². The highest BCUT2D eigenvalue weighted by Gasteiger charge is 2.38. The molecule has 0 aromatic heterocycles. The molecule has 10 heteroatoms. The van der Waals surface area contributed by atoms with Crippen molar-refractivity contribution in [2.75, 3.05) is 33.2 Å². The van der Waals surface area contributed by atoms with Crippen molar-refractivity contribution in [3.05, 3.63) is 95.2 Å². The van der Waals surface area contributed by atoms with E-state index in [0.29, 0.717) is 31.1 Å². The lowest BCUT2D eigenvalue weighted by atomic mass is 10.0. The van der Waals surface area contributed by atoms with Gasteiger partial charge < -0.3 is 20.8 Å². The third kappa shape index (κ3) is 4.58. The molecule has 0 aliphatic carbocycles. The Hall–Kier alpha value is -4.44. The van der Waals surface area contributed by atoms with Crippen LogP contribution >= 0.6 is 0 Å². The van der Waals surface area contributed by atoms with Crippen LogP contribution in [0.1, 0.15) is 11.1 Å². The Labute approximate surface area is 210 Å². The smallest absolute Gasteiger partial charge is 0.177 e. The largest absolute Gasteiger partial charge is 0.489 e. The molecule has 0 atom stereocenters. The molecule has 0 amide bonds. The van der Waals surface area contributed by atoms with Gasteiger partial charge in [-0.15, -0.1) is 5.11 Å². The topological polar surface area (TPSA) is 118 Å². The molecule has 1 fully saturated rings. The van der Waals surface area contributed by atoms with Crippen molar-refractivity contribution in [1.29, 1.82) is 5.41 Å². The van der Waals surface area contributed by atoms with Gasteiger partial charge in [0.1, 0.15) is 18.2 Å². The molecule has 5 rings (SSSR count). The number of likely N-dealkylation sites (N-methyl/N-ethyl adjacent to an activating group) is 1. The molecule has 0 spiro atoms. The average Bonchev–Trinajstić information content (AvgIpc) is 3.24. The minimum absolute atomic E-state index is 0.00596. The molecule has 2 aromatic carbocycles. The molecule has 0 saturated carbocycles. The Morgan fingerprint density at radius 3 is 2.67 bits per heavy atom. The quantitative estimate of drug-likeness (QED) is 0.191. The first kappa shape index (κ1) is 23.3. The lowest BCUT2D eigenvalue weighted by Crippen LogP contribution is -2.48. The van der Waals surface area contributed by atoms with Crippen molar-refractivity contribution < 1.29 is 4.74 Å². The fourth-order valence-electron chi connectivity index (χ4n) is 4.54. The minimum atomic E-state index is 0.00596. The number of amidine groups is 1. The van der Waals surface area contributed by atoms with Gasteiger partial charge in [-0.2, -0.15) is 0 Å². The van der Waals surface area contributed by atoms with Crippen molar-refractivity contribution in [2.24, 2.45) is 21.2 Å². The van der Waals surface area contributed by atoms with E-state index >= 15 is 0 Å². The number of hydrogen-bond acceptors (Lipinski definition) is 8. The molecule has 0 radical (unpaired) electrons. The third-order valence-electron chi connectivity index (χ3n) is 6.25. The van der Waals surface area contributed by atoms with Gasteiger partial charge in [0.15, 0.2) is 11.7 Å². The summed E-state index contributed by atoms with van der Waals surface area (Å²) in [6, 6.07) is 18.2. The molecular weight excluding hydrogens is 454 g/mol. The number of piperazine rings is 1. The molecular formula is C26H29N9O. The summed E-state index contributed by atoms with van der Waals surface area (Å²) in [5, 5.41) is 22.7. The van der Waals surface area contributed by atoms with E-state index in [2.05, 4.69) is 39.3 Å². The molecule has 3 aliphatic rings. The van der Waals surface area contributed by atoms with E-state index in [1.807, 2.05) is 65.7 Å². The lowest BCUT2D eigenvalue weighted by Gasteiger charge is -2.42. The standard InChI is InChI=1S/C26H29N9O/c1-18-15-34(13-12-29-18)26-22(14-30-25-23(24(27)31-32-28)16-33(2)35(25)26)20-8-10-21(11-9-20)36-17-19-6-4-3-5-7-19/h3-11,14,29H,1,12-13,15-17H2,2H3,(H3,27,28,31). The molecule has 0 bridgehead atoms. The molecule has 36 heavy (non-hydrogen) atoms. The highest BCUT2D eigenvalue weighted by molar-refractivity contribution is 6.12. The maximum atomic E-state index is 8.29. The van der Waals surface area contributed by atoms with Gasteiger partial charge >= 0.3 is 0 Å². The maximum absolute atomic E-state index is 8.29. The number of fused-ring (bicyclic) bond motifs is 1. The zero-order valence-electron chi connectivity index (χ0n) is 20.2. The maximum Gasteiger partial charge on any atom is 0.177 e. The number of hydrogen-bond donors (Lipinski definition) is 3. The minimum Gasteiger partial charge on any atom is -0.489 e. The van der Waals surface area contributed by atoms with Crippen LogP contribution < -0.4 is 15.9 Å². The van der Waals surface area contributed by atoms with Crippen LogP contribution in [0.4, 0.5) is 0 Å². The molecule has 184 valence electrons. The van der Waals surface area contributed by atoms with Gasteiger partial charge in [-0.05, 0) is 23.3 Å². The molecule has 4 N–H and O–H groups in total. The third-order valence-corrected chi connectivity index (χ3v) is 6.25. The predicted molar refractivity (Wildman–Crippen MR) is 140 cm³/mol. The number of aliphatic imine (C=N–C) groups is 1. The van der Waals surface area contributed by atoms with Gasteiger partial charge in [-0.1, -0.05) is 54.3 Å². The zero-order chi connectivity index (χ0) is 25.1. The van der Waals surface area contributed by atoms with Gasteiger partial charge in [0.05, 0.1) is 18.7 Å². The van der Waals surface area contributed by atoms with Crippen LogP contribution in [0.5, 0.6) is 5.75 Å². The summed E-state index contributed by atoms with van der Waals surface area (Å²) < 4.78 is 5.98. The normalized spacial score (nSPS) is 18.2. The van der Waals surface area contributed by atoms with E-state index in [4.69, 9.17) is 21.0 Å². The van der Waals surface area contributed by atoms with E-state index in [1.54, 1.807) is 0 Å². The number of allylic oxidation sites excluding steroid dienone is 1. The Morgan fingerprint density at radius 2 is 1.94 bits per heavy atom. The summed E-state index contributed by atoms with van der Waals surface area (Å²) in [5.41, 5.74) is 4.73. The first-order valence-electron chi connectivity index (χ1n) is 11.7. The Morgan fingerprint density at radius 1 is 1.17 bits per heavy atom. The van der Waals surface area contributed by atoms with Crippen LogP contribution in [-0.2, 0) is 6.61 Å². The molecule has 1 saturated heterocycles. The fourth-order valence-corrected chi connectivity index (χ4v) is 4.54. The van der Waals surface area contributed by atoms with E-state index in [9.17, 15) is 0 Å². The van der Waals surface area contributed by atoms with Gasteiger partial charge in [0.2, 0.25) is 0 Å².